The standard InChI is InChI=1S/C17H24N2O4/c1-4-5-10-18-15(20)17(8-9-17)16(21)19-13-7-6-12(22-2)11-14(13)23-3/h6-7,11H,4-5,8-10H2,1-3H3,(H,18,20)(H,19,21). The fourth-order valence-electron chi connectivity index (χ4n) is 2.37. The van der Waals surface area contributed by atoms with Crippen molar-refractivity contribution in [2.24, 2.45) is 5.41 Å². The van der Waals surface area contributed by atoms with Gasteiger partial charge in [-0.1, -0.05) is 13.3 Å². The Hall–Kier alpha value is -2.24. The van der Waals surface area contributed by atoms with E-state index in [1.807, 2.05) is 0 Å². The highest BCUT2D eigenvalue weighted by Crippen LogP contribution is 2.47. The van der Waals surface area contributed by atoms with Gasteiger partial charge in [-0.05, 0) is 31.4 Å². The lowest BCUT2D eigenvalue weighted by Crippen LogP contribution is -2.40. The fraction of sp³-hybridized carbons (Fsp3) is 0.529. The van der Waals surface area contributed by atoms with Gasteiger partial charge in [-0.3, -0.25) is 9.59 Å². The minimum absolute atomic E-state index is 0.184. The Kier molecular flexibility index (Phi) is 5.47. The van der Waals surface area contributed by atoms with Crippen LogP contribution in [0.3, 0.4) is 0 Å². The molecule has 23 heavy (non-hydrogen) atoms. The van der Waals surface area contributed by atoms with Crippen LogP contribution in [0.25, 0.3) is 0 Å². The predicted octanol–water partition coefficient (Wildman–Crippen LogP) is 2.34. The van der Waals surface area contributed by atoms with Crippen LogP contribution < -0.4 is 20.1 Å². The molecule has 1 aliphatic carbocycles. The molecule has 0 heterocycles. The minimum Gasteiger partial charge on any atom is -0.497 e. The number of rotatable bonds is 8. The zero-order chi connectivity index (χ0) is 16.9. The van der Waals surface area contributed by atoms with Crippen molar-refractivity contribution in [1.82, 2.24) is 5.32 Å². The maximum atomic E-state index is 12.5. The number of ether oxygens (including phenoxy) is 2. The van der Waals surface area contributed by atoms with E-state index in [0.717, 1.165) is 12.8 Å². The molecule has 126 valence electrons. The lowest BCUT2D eigenvalue weighted by Gasteiger charge is -2.17. The lowest BCUT2D eigenvalue weighted by molar-refractivity contribution is -0.134. The second kappa shape index (κ2) is 7.35. The smallest absolute Gasteiger partial charge is 0.240 e. The molecule has 0 radical (unpaired) electrons. The van der Waals surface area contributed by atoms with E-state index in [-0.39, 0.29) is 11.8 Å². The molecular formula is C17H24N2O4. The zero-order valence-electron chi connectivity index (χ0n) is 13.9. The molecule has 6 nitrogen and oxygen atoms in total. The highest BCUT2D eigenvalue weighted by Gasteiger charge is 2.56. The van der Waals surface area contributed by atoms with Gasteiger partial charge in [0.05, 0.1) is 19.9 Å². The first-order valence-corrected chi connectivity index (χ1v) is 7.89. The fourth-order valence-corrected chi connectivity index (χ4v) is 2.37. The topological polar surface area (TPSA) is 76.7 Å². The van der Waals surface area contributed by atoms with E-state index in [2.05, 4.69) is 17.6 Å². The summed E-state index contributed by atoms with van der Waals surface area (Å²) in [4.78, 5) is 24.8. The average Bonchev–Trinajstić information content (AvgIpc) is 3.37. The van der Waals surface area contributed by atoms with E-state index in [0.29, 0.717) is 36.6 Å². The Bertz CT molecular complexity index is 582. The number of nitrogens with one attached hydrogen (secondary N) is 2. The minimum atomic E-state index is -0.932. The molecule has 1 saturated carbocycles. The number of methoxy groups -OCH3 is 2. The van der Waals surface area contributed by atoms with E-state index in [1.54, 1.807) is 25.3 Å². The van der Waals surface area contributed by atoms with Gasteiger partial charge < -0.3 is 20.1 Å². The van der Waals surface area contributed by atoms with Crippen LogP contribution in [0, 0.1) is 5.41 Å². The molecule has 0 aliphatic heterocycles. The number of amides is 2. The third-order valence-electron chi connectivity index (χ3n) is 4.09. The maximum absolute atomic E-state index is 12.5. The Balaban J connectivity index is 2.05. The van der Waals surface area contributed by atoms with Gasteiger partial charge in [0, 0.05) is 12.6 Å². The summed E-state index contributed by atoms with van der Waals surface area (Å²) in [7, 11) is 3.08. The maximum Gasteiger partial charge on any atom is 0.240 e. The number of carbonyl (C=O) groups is 2. The summed E-state index contributed by atoms with van der Waals surface area (Å²) in [6.45, 7) is 2.66. The monoisotopic (exact) mass is 320 g/mol. The van der Waals surface area contributed by atoms with Crippen molar-refractivity contribution < 1.29 is 19.1 Å². The van der Waals surface area contributed by atoms with Crippen molar-refractivity contribution in [3.63, 3.8) is 0 Å². The summed E-state index contributed by atoms with van der Waals surface area (Å²) in [5.41, 5.74) is -0.399. The Morgan fingerprint density at radius 2 is 1.91 bits per heavy atom. The molecule has 2 amide bonds. The second-order valence-corrected chi connectivity index (χ2v) is 5.71. The van der Waals surface area contributed by atoms with E-state index in [9.17, 15) is 9.59 Å². The molecule has 0 unspecified atom stereocenters. The number of benzene rings is 1. The van der Waals surface area contributed by atoms with Gasteiger partial charge in [-0.15, -0.1) is 0 Å². The van der Waals surface area contributed by atoms with Crippen LogP contribution in [0.1, 0.15) is 32.6 Å². The molecule has 0 spiro atoms. The van der Waals surface area contributed by atoms with E-state index >= 15 is 0 Å². The normalized spacial score (nSPS) is 14.7. The molecule has 1 aromatic carbocycles. The summed E-state index contributed by atoms with van der Waals surface area (Å²) >= 11 is 0. The zero-order valence-corrected chi connectivity index (χ0v) is 13.9. The summed E-state index contributed by atoms with van der Waals surface area (Å²) in [5, 5.41) is 5.66. The van der Waals surface area contributed by atoms with Crippen molar-refractivity contribution in [2.75, 3.05) is 26.1 Å². The molecule has 2 N–H and O–H groups in total. The molecule has 0 saturated heterocycles. The number of carbonyl (C=O) groups excluding carboxylic acids is 2. The summed E-state index contributed by atoms with van der Waals surface area (Å²) < 4.78 is 10.4. The largest absolute Gasteiger partial charge is 0.497 e. The molecule has 1 fully saturated rings. The van der Waals surface area contributed by atoms with Gasteiger partial charge in [0.2, 0.25) is 11.8 Å². The average molecular weight is 320 g/mol. The van der Waals surface area contributed by atoms with Crippen LogP contribution in [-0.4, -0.2) is 32.6 Å². The van der Waals surface area contributed by atoms with E-state index < -0.39 is 5.41 Å². The van der Waals surface area contributed by atoms with Crippen LogP contribution in [0.5, 0.6) is 11.5 Å². The molecule has 0 bridgehead atoms. The van der Waals surface area contributed by atoms with Gasteiger partial charge in [-0.2, -0.15) is 0 Å². The van der Waals surface area contributed by atoms with Crippen molar-refractivity contribution >= 4 is 17.5 Å². The third-order valence-corrected chi connectivity index (χ3v) is 4.09. The summed E-state index contributed by atoms with van der Waals surface area (Å²) in [6.07, 6.45) is 3.07. The Morgan fingerprint density at radius 3 is 2.48 bits per heavy atom. The van der Waals surface area contributed by atoms with Crippen LogP contribution in [0.4, 0.5) is 5.69 Å². The van der Waals surface area contributed by atoms with Crippen molar-refractivity contribution in [1.29, 1.82) is 0 Å². The van der Waals surface area contributed by atoms with E-state index in [1.165, 1.54) is 7.11 Å². The van der Waals surface area contributed by atoms with Gasteiger partial charge in [0.15, 0.2) is 0 Å². The molecule has 1 aliphatic rings. The quantitative estimate of drug-likeness (QED) is 0.569. The molecule has 2 rings (SSSR count). The van der Waals surface area contributed by atoms with Crippen LogP contribution in [0.15, 0.2) is 18.2 Å². The second-order valence-electron chi connectivity index (χ2n) is 5.71. The summed E-state index contributed by atoms with van der Waals surface area (Å²) in [6, 6.07) is 5.14. The SMILES string of the molecule is CCCCNC(=O)C1(C(=O)Nc2ccc(OC)cc2OC)CC1. The van der Waals surface area contributed by atoms with Gasteiger partial charge in [0.25, 0.3) is 0 Å². The van der Waals surface area contributed by atoms with Gasteiger partial charge in [0.1, 0.15) is 16.9 Å². The first-order valence-electron chi connectivity index (χ1n) is 7.89. The number of anilines is 1. The van der Waals surface area contributed by atoms with Crippen LogP contribution >= 0.6 is 0 Å². The number of hydrogen-bond acceptors (Lipinski definition) is 4. The first kappa shape index (κ1) is 17.1. The van der Waals surface area contributed by atoms with Gasteiger partial charge >= 0.3 is 0 Å². The van der Waals surface area contributed by atoms with Crippen molar-refractivity contribution in [2.45, 2.75) is 32.6 Å². The highest BCUT2D eigenvalue weighted by molar-refractivity contribution is 6.13. The number of unbranched alkanes of at least 4 members (excludes halogenated alkanes) is 1. The van der Waals surface area contributed by atoms with Gasteiger partial charge in [-0.25, -0.2) is 0 Å². The molecule has 1 aromatic rings. The highest BCUT2D eigenvalue weighted by atomic mass is 16.5. The van der Waals surface area contributed by atoms with Crippen LogP contribution in [0.2, 0.25) is 0 Å². The predicted molar refractivity (Wildman–Crippen MR) is 87.8 cm³/mol. The number of hydrogen-bond donors (Lipinski definition) is 2. The molecule has 0 atom stereocenters. The molecule has 6 heteroatoms. The Morgan fingerprint density at radius 1 is 1.17 bits per heavy atom. The van der Waals surface area contributed by atoms with Crippen molar-refractivity contribution in [3.8, 4) is 11.5 Å². The summed E-state index contributed by atoms with van der Waals surface area (Å²) in [5.74, 6) is 0.670. The van der Waals surface area contributed by atoms with E-state index in [4.69, 9.17) is 9.47 Å². The first-order chi connectivity index (χ1) is 11.1. The molecular weight excluding hydrogens is 296 g/mol. The lowest BCUT2D eigenvalue weighted by atomic mass is 10.0. The van der Waals surface area contributed by atoms with Crippen molar-refractivity contribution in [3.05, 3.63) is 18.2 Å². The molecule has 0 aromatic heterocycles. The third kappa shape index (κ3) is 3.75. The Labute approximate surface area is 136 Å². The van der Waals surface area contributed by atoms with Crippen LogP contribution in [-0.2, 0) is 9.59 Å².